The number of nitrogens with zero attached hydrogens (tertiary/aromatic N) is 2. The number of hydrogen-bond acceptors (Lipinski definition) is 4. The second kappa shape index (κ2) is 6.37. The van der Waals surface area contributed by atoms with E-state index in [1.54, 1.807) is 0 Å². The highest BCUT2D eigenvalue weighted by atomic mass is 32.2. The number of aryl methyl sites for hydroxylation is 1. The van der Waals surface area contributed by atoms with Crippen molar-refractivity contribution in [3.05, 3.63) is 12.0 Å². The van der Waals surface area contributed by atoms with Crippen LogP contribution in [0.1, 0.15) is 32.0 Å². The van der Waals surface area contributed by atoms with Crippen molar-refractivity contribution in [2.24, 2.45) is 0 Å². The molecule has 1 rings (SSSR count). The molecule has 0 spiro atoms. The van der Waals surface area contributed by atoms with Crippen LogP contribution >= 0.6 is 0 Å². The van der Waals surface area contributed by atoms with Crippen LogP contribution in [0.4, 0.5) is 0 Å². The molecule has 1 aromatic heterocycles. The van der Waals surface area contributed by atoms with Crippen molar-refractivity contribution in [1.82, 2.24) is 14.7 Å². The third-order valence-corrected chi connectivity index (χ3v) is 3.61. The van der Waals surface area contributed by atoms with Gasteiger partial charge in [-0.1, -0.05) is 6.92 Å². The van der Waals surface area contributed by atoms with Gasteiger partial charge in [-0.3, -0.25) is 0 Å². The van der Waals surface area contributed by atoms with Crippen LogP contribution in [0.5, 0.6) is 0 Å². The van der Waals surface area contributed by atoms with Crippen LogP contribution in [0.15, 0.2) is 11.2 Å². The summed E-state index contributed by atoms with van der Waals surface area (Å²) in [7, 11) is -3.49. The first kappa shape index (κ1) is 13.7. The van der Waals surface area contributed by atoms with E-state index in [9.17, 15) is 8.42 Å². The fraction of sp³-hybridized carbons (Fsp3) is 0.600. The number of hydrogen-bond donors (Lipinski definition) is 2. The number of sulfonamides is 1. The molecular weight excluding hydrogens is 240 g/mol. The molecule has 0 amide bonds. The van der Waals surface area contributed by atoms with Crippen LogP contribution in [0, 0.1) is 11.3 Å². The average Bonchev–Trinajstić information content (AvgIpc) is 2.78. The fourth-order valence-electron chi connectivity index (χ4n) is 1.27. The molecule has 0 aliphatic rings. The number of imidazole rings is 1. The summed E-state index contributed by atoms with van der Waals surface area (Å²) >= 11 is 0. The Bertz CT molecular complexity index is 487. The van der Waals surface area contributed by atoms with Gasteiger partial charge in [-0.2, -0.15) is 5.26 Å². The minimum Gasteiger partial charge on any atom is -0.332 e. The molecule has 0 aliphatic heterocycles. The largest absolute Gasteiger partial charge is 0.332 e. The van der Waals surface area contributed by atoms with Crippen molar-refractivity contribution >= 4 is 10.0 Å². The molecule has 2 N–H and O–H groups in total. The molecule has 0 saturated heterocycles. The Morgan fingerprint density at radius 3 is 2.88 bits per heavy atom. The van der Waals surface area contributed by atoms with Crippen LogP contribution in [-0.2, 0) is 16.4 Å². The Morgan fingerprint density at radius 2 is 2.29 bits per heavy atom. The van der Waals surface area contributed by atoms with Gasteiger partial charge in [0.15, 0.2) is 5.03 Å². The van der Waals surface area contributed by atoms with Crippen LogP contribution in [-0.4, -0.2) is 24.9 Å². The van der Waals surface area contributed by atoms with Gasteiger partial charge < -0.3 is 4.98 Å². The van der Waals surface area contributed by atoms with Gasteiger partial charge in [-0.25, -0.2) is 18.1 Å². The van der Waals surface area contributed by atoms with Gasteiger partial charge in [-0.05, 0) is 12.8 Å². The maximum atomic E-state index is 11.7. The normalized spacial score (nSPS) is 11.3. The third-order valence-electron chi connectivity index (χ3n) is 2.24. The van der Waals surface area contributed by atoms with E-state index in [1.807, 2.05) is 13.0 Å². The van der Waals surface area contributed by atoms with Crippen LogP contribution in [0.25, 0.3) is 0 Å². The number of unbranched alkanes of at least 4 members (excludes halogenated alkanes) is 2. The second-order valence-corrected chi connectivity index (χ2v) is 5.30. The van der Waals surface area contributed by atoms with E-state index >= 15 is 0 Å². The van der Waals surface area contributed by atoms with Gasteiger partial charge >= 0.3 is 0 Å². The number of H-pyrrole nitrogens is 1. The molecule has 1 heterocycles. The predicted molar refractivity (Wildman–Crippen MR) is 62.6 cm³/mol. The summed E-state index contributed by atoms with van der Waals surface area (Å²) < 4.78 is 26.0. The van der Waals surface area contributed by atoms with E-state index in [1.165, 1.54) is 6.20 Å². The van der Waals surface area contributed by atoms with Crippen molar-refractivity contribution in [2.75, 3.05) is 6.54 Å². The Balaban J connectivity index is 2.49. The quantitative estimate of drug-likeness (QED) is 0.709. The molecular formula is C10H16N4O2S. The number of nitriles is 1. The zero-order valence-electron chi connectivity index (χ0n) is 9.73. The second-order valence-electron chi connectivity index (χ2n) is 3.56. The highest BCUT2D eigenvalue weighted by Crippen LogP contribution is 2.06. The predicted octanol–water partition coefficient (Wildman–Crippen LogP) is 0.944. The summed E-state index contributed by atoms with van der Waals surface area (Å²) in [6, 6.07) is 2.01. The first-order valence-corrected chi connectivity index (χ1v) is 6.99. The lowest BCUT2D eigenvalue weighted by Crippen LogP contribution is -2.25. The number of aromatic nitrogens is 2. The number of rotatable bonds is 7. The van der Waals surface area contributed by atoms with Gasteiger partial charge in [0.05, 0.1) is 12.3 Å². The van der Waals surface area contributed by atoms with E-state index in [0.717, 1.165) is 0 Å². The molecule has 0 saturated carbocycles. The van der Waals surface area contributed by atoms with E-state index in [2.05, 4.69) is 14.7 Å². The molecule has 0 atom stereocenters. The minimum absolute atomic E-state index is 0.0923. The fourth-order valence-corrected chi connectivity index (χ4v) is 2.29. The molecule has 0 aromatic carbocycles. The summed E-state index contributed by atoms with van der Waals surface area (Å²) in [5.74, 6) is 0.648. The van der Waals surface area contributed by atoms with Gasteiger partial charge in [-0.15, -0.1) is 0 Å². The topological polar surface area (TPSA) is 98.6 Å². The zero-order chi connectivity index (χ0) is 12.7. The van der Waals surface area contributed by atoms with Crippen LogP contribution in [0.2, 0.25) is 0 Å². The maximum absolute atomic E-state index is 11.7. The Labute approximate surface area is 101 Å². The molecule has 94 valence electrons. The van der Waals surface area contributed by atoms with Gasteiger partial charge in [0, 0.05) is 19.4 Å². The van der Waals surface area contributed by atoms with E-state index in [4.69, 9.17) is 5.26 Å². The molecule has 7 heteroatoms. The highest BCUT2D eigenvalue weighted by Gasteiger charge is 2.15. The zero-order valence-corrected chi connectivity index (χ0v) is 10.5. The van der Waals surface area contributed by atoms with Crippen molar-refractivity contribution in [3.63, 3.8) is 0 Å². The van der Waals surface area contributed by atoms with Crippen LogP contribution < -0.4 is 4.72 Å². The summed E-state index contributed by atoms with van der Waals surface area (Å²) in [5, 5.41) is 8.42. The third kappa shape index (κ3) is 4.17. The van der Waals surface area contributed by atoms with Crippen molar-refractivity contribution in [2.45, 2.75) is 37.6 Å². The molecule has 0 bridgehead atoms. The Morgan fingerprint density at radius 1 is 1.53 bits per heavy atom. The first-order valence-electron chi connectivity index (χ1n) is 5.50. The van der Waals surface area contributed by atoms with E-state index in [-0.39, 0.29) is 5.03 Å². The molecule has 0 radical (unpaired) electrons. The Hall–Kier alpha value is -1.39. The molecule has 17 heavy (non-hydrogen) atoms. The smallest absolute Gasteiger partial charge is 0.257 e. The van der Waals surface area contributed by atoms with Gasteiger partial charge in [0.1, 0.15) is 5.82 Å². The van der Waals surface area contributed by atoms with Gasteiger partial charge in [0.25, 0.3) is 10.0 Å². The van der Waals surface area contributed by atoms with E-state index in [0.29, 0.717) is 38.1 Å². The number of nitrogens with one attached hydrogen (secondary N) is 2. The minimum atomic E-state index is -3.49. The van der Waals surface area contributed by atoms with Gasteiger partial charge in [0.2, 0.25) is 0 Å². The Kier molecular flexibility index (Phi) is 5.12. The van der Waals surface area contributed by atoms with Crippen molar-refractivity contribution in [3.8, 4) is 6.07 Å². The highest BCUT2D eigenvalue weighted by molar-refractivity contribution is 7.89. The lowest BCUT2D eigenvalue weighted by atomic mass is 10.2. The summed E-state index contributed by atoms with van der Waals surface area (Å²) in [5.41, 5.74) is 0. The monoisotopic (exact) mass is 256 g/mol. The maximum Gasteiger partial charge on any atom is 0.257 e. The summed E-state index contributed by atoms with van der Waals surface area (Å²) in [4.78, 5) is 6.68. The molecule has 0 unspecified atom stereocenters. The molecule has 0 fully saturated rings. The van der Waals surface area contributed by atoms with E-state index < -0.39 is 10.0 Å². The number of aromatic amines is 1. The van der Waals surface area contributed by atoms with Crippen molar-refractivity contribution < 1.29 is 8.42 Å². The molecule has 1 aromatic rings. The summed E-state index contributed by atoms with van der Waals surface area (Å²) in [6.45, 7) is 2.23. The standard InChI is InChI=1S/C10H16N4O2S/c1-2-9-12-8-10(14-9)17(15,16)13-7-5-3-4-6-11/h8,13H,2-5,7H2,1H3,(H,12,14). The van der Waals surface area contributed by atoms with Crippen molar-refractivity contribution in [1.29, 1.82) is 5.26 Å². The lowest BCUT2D eigenvalue weighted by Gasteiger charge is -2.03. The lowest BCUT2D eigenvalue weighted by molar-refractivity contribution is 0.574. The molecule has 0 aliphatic carbocycles. The first-order chi connectivity index (χ1) is 8.10. The summed E-state index contributed by atoms with van der Waals surface area (Å²) in [6.07, 6.45) is 3.78. The molecule has 6 nitrogen and oxygen atoms in total. The average molecular weight is 256 g/mol. The SMILES string of the molecule is CCc1ncc(S(=O)(=O)NCCCCC#N)[nH]1. The van der Waals surface area contributed by atoms with Crippen LogP contribution in [0.3, 0.4) is 0 Å².